The van der Waals surface area contributed by atoms with Crippen molar-refractivity contribution in [3.8, 4) is 0 Å². The highest BCUT2D eigenvalue weighted by Gasteiger charge is 2.52. The second-order valence-corrected chi connectivity index (χ2v) is 10.9. The molecular formula is C24H38O5. The molecule has 0 spiro atoms. The summed E-state index contributed by atoms with van der Waals surface area (Å²) in [6.45, 7) is 12.7. The molecule has 0 aromatic carbocycles. The summed E-state index contributed by atoms with van der Waals surface area (Å²) in [6, 6.07) is 0. The lowest BCUT2D eigenvalue weighted by Gasteiger charge is -2.55. The summed E-state index contributed by atoms with van der Waals surface area (Å²) in [5.41, 5.74) is 2.09. The summed E-state index contributed by atoms with van der Waals surface area (Å²) in [5.74, 6) is -0.738. The van der Waals surface area contributed by atoms with Crippen LogP contribution in [0, 0.1) is 22.7 Å². The monoisotopic (exact) mass is 406 g/mol. The van der Waals surface area contributed by atoms with E-state index < -0.39 is 23.6 Å². The van der Waals surface area contributed by atoms with Gasteiger partial charge in [-0.3, -0.25) is 9.59 Å². The Morgan fingerprint density at radius 2 is 1.90 bits per heavy atom. The van der Waals surface area contributed by atoms with Crippen molar-refractivity contribution >= 4 is 11.8 Å². The van der Waals surface area contributed by atoms with Gasteiger partial charge in [0.15, 0.2) is 5.78 Å². The number of hydrogen-bond donors (Lipinski definition) is 1. The molecule has 0 aromatic rings. The number of fused-ring (bicyclic) bond motifs is 1. The first-order valence-electron chi connectivity index (χ1n) is 11.2. The highest BCUT2D eigenvalue weighted by atomic mass is 17.2. The lowest BCUT2D eigenvalue weighted by atomic mass is 9.49. The molecule has 0 aromatic heterocycles. The fraction of sp³-hybridized carbons (Fsp3) is 0.833. The van der Waals surface area contributed by atoms with Crippen LogP contribution in [0.25, 0.3) is 0 Å². The zero-order valence-electron chi connectivity index (χ0n) is 19.0. The number of carbonyl (C=O) groups is 2. The fourth-order valence-corrected chi connectivity index (χ4v) is 6.16. The van der Waals surface area contributed by atoms with E-state index in [1.807, 2.05) is 13.8 Å². The highest BCUT2D eigenvalue weighted by molar-refractivity contribution is 5.97. The van der Waals surface area contributed by atoms with Gasteiger partial charge in [-0.15, -0.1) is 0 Å². The van der Waals surface area contributed by atoms with Crippen LogP contribution < -0.4 is 0 Å². The molecule has 5 heteroatoms. The number of rotatable bonds is 5. The average Bonchev–Trinajstić information content (AvgIpc) is 2.63. The summed E-state index contributed by atoms with van der Waals surface area (Å²) >= 11 is 0. The number of carboxylic acid groups (broad SMARTS) is 1. The number of allylic oxidation sites excluding steroid dienone is 2. The number of aliphatic carboxylic acids is 1. The molecule has 1 N–H and O–H groups in total. The fourth-order valence-electron chi connectivity index (χ4n) is 6.16. The van der Waals surface area contributed by atoms with Crippen molar-refractivity contribution in [3.05, 3.63) is 11.1 Å². The van der Waals surface area contributed by atoms with Crippen LogP contribution in [-0.4, -0.2) is 28.6 Å². The molecule has 3 aliphatic rings. The Bertz CT molecular complexity index is 698. The normalized spacial score (nSPS) is 38.5. The van der Waals surface area contributed by atoms with Gasteiger partial charge in [-0.25, -0.2) is 9.78 Å². The molecule has 1 heterocycles. The molecule has 3 rings (SSSR count). The van der Waals surface area contributed by atoms with Crippen LogP contribution >= 0.6 is 0 Å². The van der Waals surface area contributed by atoms with E-state index in [0.717, 1.165) is 31.3 Å². The van der Waals surface area contributed by atoms with E-state index in [1.54, 1.807) is 6.92 Å². The minimum Gasteiger partial charge on any atom is -0.481 e. The molecule has 0 radical (unpaired) electrons. The zero-order valence-corrected chi connectivity index (χ0v) is 19.0. The summed E-state index contributed by atoms with van der Waals surface area (Å²) < 4.78 is 0. The van der Waals surface area contributed by atoms with Crippen LogP contribution in [0.1, 0.15) is 92.9 Å². The second kappa shape index (κ2) is 7.81. The van der Waals surface area contributed by atoms with Crippen LogP contribution in [0.2, 0.25) is 0 Å². The van der Waals surface area contributed by atoms with E-state index in [4.69, 9.17) is 9.78 Å². The molecule has 0 unspecified atom stereocenters. The van der Waals surface area contributed by atoms with Gasteiger partial charge in [0.2, 0.25) is 0 Å². The van der Waals surface area contributed by atoms with Gasteiger partial charge in [0.1, 0.15) is 11.7 Å². The number of Topliss-reactive ketones (excluding diaryl/α,β-unsaturated/α-hetero) is 1. The zero-order chi connectivity index (χ0) is 21.6. The molecule has 2 aliphatic carbocycles. The third-order valence-electron chi connectivity index (χ3n) is 8.36. The standard InChI is InChI=1S/C24H38O5/c1-15-17(24(6)11-7-10-22(3,4)20(24)14-18(15)25)8-12-23(5)13-9-19(28-29-23)16(2)21(26)27/h16,19-20H,7-14H2,1-6H3,(H,26,27)/t16-,19+,20+,23+,24-/m1/s1. The van der Waals surface area contributed by atoms with Crippen molar-refractivity contribution in [2.75, 3.05) is 0 Å². The predicted octanol–water partition coefficient (Wildman–Crippen LogP) is 5.48. The van der Waals surface area contributed by atoms with E-state index in [1.165, 1.54) is 18.4 Å². The van der Waals surface area contributed by atoms with Crippen LogP contribution in [0.3, 0.4) is 0 Å². The molecular weight excluding hydrogens is 368 g/mol. The maximum Gasteiger partial charge on any atom is 0.308 e. The molecule has 1 aliphatic heterocycles. The van der Waals surface area contributed by atoms with Crippen molar-refractivity contribution in [2.45, 2.75) is 105 Å². The van der Waals surface area contributed by atoms with Crippen molar-refractivity contribution in [1.82, 2.24) is 0 Å². The average molecular weight is 407 g/mol. The maximum atomic E-state index is 12.8. The van der Waals surface area contributed by atoms with Gasteiger partial charge < -0.3 is 5.11 Å². The lowest BCUT2D eigenvalue weighted by Crippen LogP contribution is -2.48. The molecule has 1 saturated carbocycles. The van der Waals surface area contributed by atoms with E-state index in [9.17, 15) is 14.7 Å². The Morgan fingerprint density at radius 1 is 1.21 bits per heavy atom. The van der Waals surface area contributed by atoms with Gasteiger partial charge in [-0.1, -0.05) is 32.8 Å². The quantitative estimate of drug-likeness (QED) is 0.612. The van der Waals surface area contributed by atoms with Gasteiger partial charge in [-0.05, 0) is 81.6 Å². The second-order valence-electron chi connectivity index (χ2n) is 10.9. The van der Waals surface area contributed by atoms with Crippen LogP contribution in [0.15, 0.2) is 11.1 Å². The number of hydrogen-bond acceptors (Lipinski definition) is 4. The Kier molecular flexibility index (Phi) is 6.05. The van der Waals surface area contributed by atoms with Gasteiger partial charge in [0.25, 0.3) is 0 Å². The Balaban J connectivity index is 1.73. The molecule has 1 saturated heterocycles. The van der Waals surface area contributed by atoms with Crippen LogP contribution in [0.5, 0.6) is 0 Å². The SMILES string of the molecule is CC1=C(CC[C@@]2(C)CC[C@@H]([C@@H](C)C(=O)O)OO2)[C@@]2(C)CCCC(C)(C)[C@@H]2CC1=O. The molecule has 0 amide bonds. The van der Waals surface area contributed by atoms with Gasteiger partial charge in [0, 0.05) is 6.42 Å². The highest BCUT2D eigenvalue weighted by Crippen LogP contribution is 2.59. The van der Waals surface area contributed by atoms with E-state index >= 15 is 0 Å². The Labute approximate surface area is 175 Å². The Morgan fingerprint density at radius 3 is 2.48 bits per heavy atom. The Hall–Kier alpha value is -1.20. The molecule has 0 bridgehead atoms. The third kappa shape index (κ3) is 4.18. The van der Waals surface area contributed by atoms with E-state index in [0.29, 0.717) is 24.5 Å². The first-order chi connectivity index (χ1) is 13.4. The summed E-state index contributed by atoms with van der Waals surface area (Å²) in [6.07, 6.45) is 6.86. The molecule has 5 nitrogen and oxygen atoms in total. The number of ketones is 1. The van der Waals surface area contributed by atoms with Crippen molar-refractivity contribution in [1.29, 1.82) is 0 Å². The third-order valence-corrected chi connectivity index (χ3v) is 8.36. The van der Waals surface area contributed by atoms with Crippen LogP contribution in [-0.2, 0) is 19.4 Å². The van der Waals surface area contributed by atoms with Crippen LogP contribution in [0.4, 0.5) is 0 Å². The molecule has 2 fully saturated rings. The van der Waals surface area contributed by atoms with Crippen molar-refractivity contribution in [2.24, 2.45) is 22.7 Å². The predicted molar refractivity (Wildman–Crippen MR) is 111 cm³/mol. The first kappa shape index (κ1) is 22.5. The van der Waals surface area contributed by atoms with Crippen molar-refractivity contribution in [3.63, 3.8) is 0 Å². The summed E-state index contributed by atoms with van der Waals surface area (Å²) in [4.78, 5) is 35.3. The van der Waals surface area contributed by atoms with Gasteiger partial charge in [-0.2, -0.15) is 0 Å². The lowest BCUT2D eigenvalue weighted by molar-refractivity contribution is -0.411. The van der Waals surface area contributed by atoms with Gasteiger partial charge >= 0.3 is 5.97 Å². The first-order valence-corrected chi connectivity index (χ1v) is 11.2. The molecule has 29 heavy (non-hydrogen) atoms. The minimum absolute atomic E-state index is 0.0754. The number of carboxylic acids is 1. The largest absolute Gasteiger partial charge is 0.481 e. The minimum atomic E-state index is -0.859. The number of carbonyl (C=O) groups excluding carboxylic acids is 1. The topological polar surface area (TPSA) is 72.8 Å². The summed E-state index contributed by atoms with van der Waals surface area (Å²) in [5, 5.41) is 9.20. The summed E-state index contributed by atoms with van der Waals surface area (Å²) in [7, 11) is 0. The smallest absolute Gasteiger partial charge is 0.308 e. The molecule has 164 valence electrons. The van der Waals surface area contributed by atoms with E-state index in [2.05, 4.69) is 20.8 Å². The maximum absolute atomic E-state index is 12.8. The van der Waals surface area contributed by atoms with Crippen molar-refractivity contribution < 1.29 is 24.5 Å². The molecule has 5 atom stereocenters. The van der Waals surface area contributed by atoms with Gasteiger partial charge in [0.05, 0.1) is 5.92 Å². The van der Waals surface area contributed by atoms with E-state index in [-0.39, 0.29) is 10.8 Å².